The van der Waals surface area contributed by atoms with Gasteiger partial charge in [-0.2, -0.15) is 0 Å². The topological polar surface area (TPSA) is 68.6 Å². The number of hydrogen-bond acceptors (Lipinski definition) is 5. The molecule has 0 N–H and O–H groups in total. The van der Waals surface area contributed by atoms with Gasteiger partial charge < -0.3 is 9.30 Å². The molecule has 1 aliphatic rings. The van der Waals surface area contributed by atoms with E-state index in [1.165, 1.54) is 6.92 Å². The van der Waals surface area contributed by atoms with Crippen LogP contribution < -0.4 is 0 Å². The van der Waals surface area contributed by atoms with Crippen molar-refractivity contribution < 1.29 is 19.1 Å². The third kappa shape index (κ3) is 2.92. The number of benzene rings is 1. The average Bonchev–Trinajstić information content (AvgIpc) is 3.03. The number of imide groups is 1. The number of carbonyl (C=O) groups is 3. The summed E-state index contributed by atoms with van der Waals surface area (Å²) in [4.78, 5) is 38.2. The Balaban J connectivity index is 1.99. The molecule has 0 spiro atoms. The van der Waals surface area contributed by atoms with Crippen molar-refractivity contribution in [1.82, 2.24) is 9.47 Å². The summed E-state index contributed by atoms with van der Waals surface area (Å²) in [6.07, 6.45) is 1.74. The van der Waals surface area contributed by atoms with Crippen molar-refractivity contribution >= 4 is 45.9 Å². The highest BCUT2D eigenvalue weighted by Crippen LogP contribution is 2.36. The standard InChI is InChI=1S/C19H20N2O4S/c1-5-25-18(23)12(3)21-17(22)16(26-19(21)24)10-14-11(2)20(4)15-9-7-6-8-13(14)15/h6-10,12H,5H2,1-4H3/b16-10-/t12-/m0/s1. The van der Waals surface area contributed by atoms with E-state index in [1.54, 1.807) is 13.0 Å². The zero-order valence-electron chi connectivity index (χ0n) is 15.1. The number of thioether (sulfide) groups is 1. The van der Waals surface area contributed by atoms with Gasteiger partial charge in [0.15, 0.2) is 0 Å². The predicted molar refractivity (Wildman–Crippen MR) is 102 cm³/mol. The number of rotatable bonds is 4. The summed E-state index contributed by atoms with van der Waals surface area (Å²) in [5.41, 5.74) is 2.95. The van der Waals surface area contributed by atoms with E-state index >= 15 is 0 Å². The molecule has 6 nitrogen and oxygen atoms in total. The predicted octanol–water partition coefficient (Wildman–Crippen LogP) is 3.47. The first-order valence-corrected chi connectivity index (χ1v) is 9.16. The number of amides is 2. The molecule has 1 aromatic heterocycles. The van der Waals surface area contributed by atoms with E-state index in [9.17, 15) is 14.4 Å². The number of nitrogens with zero attached hydrogens (tertiary/aromatic N) is 2. The van der Waals surface area contributed by atoms with Crippen LogP contribution in [0.2, 0.25) is 0 Å². The Kier molecular flexibility index (Phi) is 4.91. The molecule has 2 aromatic rings. The molecule has 2 heterocycles. The summed E-state index contributed by atoms with van der Waals surface area (Å²) >= 11 is 0.848. The van der Waals surface area contributed by atoms with Gasteiger partial charge in [-0.1, -0.05) is 18.2 Å². The Bertz CT molecular complexity index is 944. The molecule has 7 heteroatoms. The van der Waals surface area contributed by atoms with Gasteiger partial charge >= 0.3 is 5.97 Å². The number of fused-ring (bicyclic) bond motifs is 1. The average molecular weight is 372 g/mol. The van der Waals surface area contributed by atoms with E-state index in [4.69, 9.17) is 4.74 Å². The monoisotopic (exact) mass is 372 g/mol. The molecule has 0 radical (unpaired) electrons. The molecule has 0 bridgehead atoms. The van der Waals surface area contributed by atoms with Crippen LogP contribution in [0.5, 0.6) is 0 Å². The van der Waals surface area contributed by atoms with Gasteiger partial charge in [0.25, 0.3) is 11.1 Å². The van der Waals surface area contributed by atoms with Gasteiger partial charge in [-0.25, -0.2) is 4.79 Å². The van der Waals surface area contributed by atoms with Gasteiger partial charge in [-0.15, -0.1) is 0 Å². The lowest BCUT2D eigenvalue weighted by Gasteiger charge is -2.19. The van der Waals surface area contributed by atoms with Crippen LogP contribution in [0, 0.1) is 6.92 Å². The first-order valence-electron chi connectivity index (χ1n) is 8.34. The molecule has 0 saturated carbocycles. The molecule has 3 rings (SSSR count). The van der Waals surface area contributed by atoms with Gasteiger partial charge in [0.05, 0.1) is 11.5 Å². The van der Waals surface area contributed by atoms with Crippen LogP contribution in [0.25, 0.3) is 17.0 Å². The summed E-state index contributed by atoms with van der Waals surface area (Å²) in [6.45, 7) is 5.35. The Morgan fingerprint density at radius 3 is 2.69 bits per heavy atom. The lowest BCUT2D eigenvalue weighted by atomic mass is 10.1. The third-order valence-electron chi connectivity index (χ3n) is 4.56. The molecule has 26 heavy (non-hydrogen) atoms. The number of ether oxygens (including phenoxy) is 1. The second-order valence-electron chi connectivity index (χ2n) is 6.05. The van der Waals surface area contributed by atoms with Crippen LogP contribution in [-0.2, 0) is 21.4 Å². The van der Waals surface area contributed by atoms with Crippen molar-refractivity contribution in [2.45, 2.75) is 26.8 Å². The number of aromatic nitrogens is 1. The SMILES string of the molecule is CCOC(=O)[C@H](C)N1C(=O)S/C(=C\c2c(C)n(C)c3ccccc23)C1=O. The number of para-hydroxylation sites is 1. The maximum atomic E-state index is 12.7. The van der Waals surface area contributed by atoms with Gasteiger partial charge in [0.2, 0.25) is 0 Å². The molecule has 2 amide bonds. The maximum Gasteiger partial charge on any atom is 0.329 e. The van der Waals surface area contributed by atoms with E-state index in [2.05, 4.69) is 0 Å². The van der Waals surface area contributed by atoms with Crippen molar-refractivity contribution in [2.24, 2.45) is 7.05 Å². The smallest absolute Gasteiger partial charge is 0.329 e. The number of esters is 1. The van der Waals surface area contributed by atoms with Gasteiger partial charge in [0.1, 0.15) is 6.04 Å². The molecule has 1 atom stereocenters. The molecule has 0 aliphatic carbocycles. The van der Waals surface area contributed by atoms with Gasteiger partial charge in [-0.05, 0) is 44.7 Å². The first-order chi connectivity index (χ1) is 12.4. The lowest BCUT2D eigenvalue weighted by Crippen LogP contribution is -2.42. The van der Waals surface area contributed by atoms with Crippen molar-refractivity contribution in [2.75, 3.05) is 6.61 Å². The highest BCUT2D eigenvalue weighted by atomic mass is 32.2. The minimum Gasteiger partial charge on any atom is -0.464 e. The quantitative estimate of drug-likeness (QED) is 0.607. The fourth-order valence-corrected chi connectivity index (χ4v) is 3.94. The molecule has 1 aliphatic heterocycles. The molecule has 1 fully saturated rings. The zero-order chi connectivity index (χ0) is 19.0. The normalized spacial score (nSPS) is 17.4. The van der Waals surface area contributed by atoms with E-state index in [0.29, 0.717) is 4.91 Å². The summed E-state index contributed by atoms with van der Waals surface area (Å²) in [5.74, 6) is -1.05. The van der Waals surface area contributed by atoms with Crippen molar-refractivity contribution in [3.8, 4) is 0 Å². The number of carbonyl (C=O) groups excluding carboxylic acids is 3. The zero-order valence-corrected chi connectivity index (χ0v) is 15.9. The second-order valence-corrected chi connectivity index (χ2v) is 7.05. The fourth-order valence-electron chi connectivity index (χ4n) is 3.05. The first kappa shape index (κ1) is 18.3. The summed E-state index contributed by atoms with van der Waals surface area (Å²) in [7, 11) is 1.96. The third-order valence-corrected chi connectivity index (χ3v) is 5.45. The largest absolute Gasteiger partial charge is 0.464 e. The molecule has 136 valence electrons. The van der Waals surface area contributed by atoms with Gasteiger partial charge in [0, 0.05) is 29.2 Å². The summed E-state index contributed by atoms with van der Waals surface area (Å²) in [5, 5.41) is 0.553. The molecular weight excluding hydrogens is 352 g/mol. The number of aryl methyl sites for hydroxylation is 1. The Labute approximate surface area is 155 Å². The van der Waals surface area contributed by atoms with Crippen LogP contribution in [-0.4, -0.2) is 39.2 Å². The van der Waals surface area contributed by atoms with Crippen LogP contribution >= 0.6 is 11.8 Å². The molecule has 1 saturated heterocycles. The van der Waals surface area contributed by atoms with Crippen LogP contribution in [0.15, 0.2) is 29.2 Å². The second kappa shape index (κ2) is 6.99. The van der Waals surface area contributed by atoms with E-state index in [0.717, 1.165) is 38.8 Å². The van der Waals surface area contributed by atoms with Crippen LogP contribution in [0.4, 0.5) is 4.79 Å². The fraction of sp³-hybridized carbons (Fsp3) is 0.316. The highest BCUT2D eigenvalue weighted by molar-refractivity contribution is 8.18. The van der Waals surface area contributed by atoms with E-state index < -0.39 is 23.2 Å². The van der Waals surface area contributed by atoms with Gasteiger partial charge in [-0.3, -0.25) is 14.5 Å². The number of hydrogen-bond donors (Lipinski definition) is 0. The van der Waals surface area contributed by atoms with Crippen molar-refractivity contribution in [1.29, 1.82) is 0 Å². The Morgan fingerprint density at radius 1 is 1.31 bits per heavy atom. The summed E-state index contributed by atoms with van der Waals surface area (Å²) in [6, 6.07) is 6.95. The molecule has 0 unspecified atom stereocenters. The lowest BCUT2D eigenvalue weighted by molar-refractivity contribution is -0.150. The highest BCUT2D eigenvalue weighted by Gasteiger charge is 2.41. The molecule has 1 aromatic carbocycles. The Hall–Kier alpha value is -2.54. The van der Waals surface area contributed by atoms with E-state index in [1.807, 2.05) is 42.8 Å². The minimum absolute atomic E-state index is 0.199. The van der Waals surface area contributed by atoms with Crippen LogP contribution in [0.3, 0.4) is 0 Å². The van der Waals surface area contributed by atoms with Crippen LogP contribution in [0.1, 0.15) is 25.1 Å². The summed E-state index contributed by atoms with van der Waals surface area (Å²) < 4.78 is 6.98. The van der Waals surface area contributed by atoms with E-state index in [-0.39, 0.29) is 6.61 Å². The van der Waals surface area contributed by atoms with Crippen molar-refractivity contribution in [3.63, 3.8) is 0 Å². The minimum atomic E-state index is -0.943. The Morgan fingerprint density at radius 2 is 2.00 bits per heavy atom. The van der Waals surface area contributed by atoms with Crippen molar-refractivity contribution in [3.05, 3.63) is 40.4 Å². The maximum absolute atomic E-state index is 12.7. The molecular formula is C19H20N2O4S.